The maximum Gasteiger partial charge on any atom is 0.305 e. The molecule has 2 rings (SSSR count). The maximum atomic E-state index is 12.5. The van der Waals surface area contributed by atoms with Gasteiger partial charge in [-0.2, -0.15) is 0 Å². The third-order valence-electron chi connectivity index (χ3n) is 3.47. The lowest BCUT2D eigenvalue weighted by Crippen LogP contribution is -2.49. The summed E-state index contributed by atoms with van der Waals surface area (Å²) >= 11 is 0. The molecule has 21 heavy (non-hydrogen) atoms. The molecular weight excluding hydrogens is 272 g/mol. The average Bonchev–Trinajstić information content (AvgIpc) is 2.44. The number of amides is 1. The molecular formula is C15H20N2O4. The van der Waals surface area contributed by atoms with Gasteiger partial charge in [-0.15, -0.1) is 0 Å². The van der Waals surface area contributed by atoms with E-state index in [0.717, 1.165) is 5.56 Å². The number of nitrogens with zero attached hydrogens (tertiary/aromatic N) is 1. The van der Waals surface area contributed by atoms with Gasteiger partial charge >= 0.3 is 5.97 Å². The van der Waals surface area contributed by atoms with Gasteiger partial charge < -0.3 is 20.5 Å². The maximum absolute atomic E-state index is 12.5. The summed E-state index contributed by atoms with van der Waals surface area (Å²) in [5.41, 5.74) is 7.14. The van der Waals surface area contributed by atoms with Crippen molar-refractivity contribution in [3.8, 4) is 5.75 Å². The first-order chi connectivity index (χ1) is 9.93. The molecule has 0 radical (unpaired) electrons. The predicted molar refractivity (Wildman–Crippen MR) is 78.2 cm³/mol. The lowest BCUT2D eigenvalue weighted by Gasteiger charge is -2.36. The smallest absolute Gasteiger partial charge is 0.305 e. The van der Waals surface area contributed by atoms with Gasteiger partial charge in [0.25, 0.3) is 5.91 Å². The van der Waals surface area contributed by atoms with Crippen LogP contribution in [0.5, 0.6) is 5.75 Å². The molecule has 1 unspecified atom stereocenters. The average molecular weight is 292 g/mol. The Morgan fingerprint density at radius 3 is 2.76 bits per heavy atom. The van der Waals surface area contributed by atoms with Crippen LogP contribution in [0.25, 0.3) is 0 Å². The molecule has 0 aliphatic carbocycles. The first kappa shape index (κ1) is 15.3. The van der Waals surface area contributed by atoms with Crippen LogP contribution in [0, 0.1) is 5.92 Å². The van der Waals surface area contributed by atoms with Gasteiger partial charge in [-0.05, 0) is 23.6 Å². The standard InChI is InChI=1S/C15H20N2O4/c1-9(2)14-15(20)17(6-5-13(18)19)11-4-3-10(8-16)7-12(11)21-14/h3-4,7,9,14H,5-6,8,16H2,1-2H3,(H,18,19). The largest absolute Gasteiger partial charge is 0.481 e. The van der Waals surface area contributed by atoms with E-state index in [0.29, 0.717) is 18.0 Å². The van der Waals surface area contributed by atoms with E-state index in [9.17, 15) is 9.59 Å². The molecule has 0 aromatic heterocycles. The van der Waals surface area contributed by atoms with E-state index in [1.54, 1.807) is 6.07 Å². The highest BCUT2D eigenvalue weighted by atomic mass is 16.5. The molecule has 1 amide bonds. The SMILES string of the molecule is CC(C)C1Oc2cc(CN)ccc2N(CCC(=O)O)C1=O. The number of rotatable bonds is 5. The number of fused-ring (bicyclic) bond motifs is 1. The minimum absolute atomic E-state index is 0.000453. The zero-order valence-electron chi connectivity index (χ0n) is 12.2. The van der Waals surface area contributed by atoms with Crippen LogP contribution in [-0.2, 0) is 16.1 Å². The van der Waals surface area contributed by atoms with Gasteiger partial charge in [0.2, 0.25) is 0 Å². The molecule has 1 aromatic rings. The van der Waals surface area contributed by atoms with Gasteiger partial charge in [-0.3, -0.25) is 9.59 Å². The van der Waals surface area contributed by atoms with Crippen LogP contribution >= 0.6 is 0 Å². The summed E-state index contributed by atoms with van der Waals surface area (Å²) in [5, 5.41) is 8.85. The topological polar surface area (TPSA) is 92.9 Å². The molecule has 0 spiro atoms. The Kier molecular flexibility index (Phi) is 4.47. The second-order valence-corrected chi connectivity index (χ2v) is 5.42. The Morgan fingerprint density at radius 1 is 1.48 bits per heavy atom. The summed E-state index contributed by atoms with van der Waals surface area (Å²) in [6.45, 7) is 4.31. The summed E-state index contributed by atoms with van der Waals surface area (Å²) in [7, 11) is 0. The van der Waals surface area contributed by atoms with Crippen molar-refractivity contribution in [2.75, 3.05) is 11.4 Å². The number of hydrogen-bond acceptors (Lipinski definition) is 4. The number of hydrogen-bond donors (Lipinski definition) is 2. The fourth-order valence-electron chi connectivity index (χ4n) is 2.32. The van der Waals surface area contributed by atoms with Crippen molar-refractivity contribution in [3.63, 3.8) is 0 Å². The van der Waals surface area contributed by atoms with Crippen molar-refractivity contribution in [3.05, 3.63) is 23.8 Å². The van der Waals surface area contributed by atoms with Crippen LogP contribution in [0.1, 0.15) is 25.8 Å². The van der Waals surface area contributed by atoms with E-state index in [2.05, 4.69) is 0 Å². The summed E-state index contributed by atoms with van der Waals surface area (Å²) in [6, 6.07) is 5.39. The molecule has 0 bridgehead atoms. The monoisotopic (exact) mass is 292 g/mol. The second kappa shape index (κ2) is 6.13. The minimum Gasteiger partial charge on any atom is -0.481 e. The van der Waals surface area contributed by atoms with E-state index in [1.807, 2.05) is 26.0 Å². The summed E-state index contributed by atoms with van der Waals surface area (Å²) in [4.78, 5) is 24.8. The van der Waals surface area contributed by atoms with Crippen LogP contribution in [0.3, 0.4) is 0 Å². The van der Waals surface area contributed by atoms with Crippen LogP contribution in [0.15, 0.2) is 18.2 Å². The Morgan fingerprint density at radius 2 is 2.19 bits per heavy atom. The fraction of sp³-hybridized carbons (Fsp3) is 0.467. The Labute approximate surface area is 123 Å². The Hall–Kier alpha value is -2.08. The Balaban J connectivity index is 2.38. The number of nitrogens with two attached hydrogens (primary N) is 1. The highest BCUT2D eigenvalue weighted by Crippen LogP contribution is 2.36. The minimum atomic E-state index is -0.935. The van der Waals surface area contributed by atoms with Crippen molar-refractivity contribution in [1.82, 2.24) is 0 Å². The molecule has 114 valence electrons. The molecule has 0 saturated heterocycles. The molecule has 0 fully saturated rings. The van der Waals surface area contributed by atoms with Gasteiger partial charge in [-0.1, -0.05) is 19.9 Å². The molecule has 1 aliphatic heterocycles. The molecule has 0 saturated carbocycles. The van der Waals surface area contributed by atoms with Gasteiger partial charge in [0.05, 0.1) is 12.1 Å². The number of ether oxygens (including phenoxy) is 1. The lowest BCUT2D eigenvalue weighted by molar-refractivity contribution is -0.136. The summed E-state index contributed by atoms with van der Waals surface area (Å²) in [5.74, 6) is -0.545. The van der Waals surface area contributed by atoms with E-state index in [1.165, 1.54) is 4.90 Å². The van der Waals surface area contributed by atoms with E-state index < -0.39 is 12.1 Å². The second-order valence-electron chi connectivity index (χ2n) is 5.42. The number of carboxylic acid groups (broad SMARTS) is 1. The highest BCUT2D eigenvalue weighted by Gasteiger charge is 2.36. The number of carbonyl (C=O) groups excluding carboxylic acids is 1. The van der Waals surface area contributed by atoms with Crippen LogP contribution in [0.4, 0.5) is 5.69 Å². The van der Waals surface area contributed by atoms with Crippen LogP contribution < -0.4 is 15.4 Å². The van der Waals surface area contributed by atoms with Gasteiger partial charge in [0.15, 0.2) is 6.10 Å². The predicted octanol–water partition coefficient (Wildman–Crippen LogP) is 1.37. The Bertz CT molecular complexity index is 557. The van der Waals surface area contributed by atoms with E-state index >= 15 is 0 Å². The highest BCUT2D eigenvalue weighted by molar-refractivity contribution is 6.00. The normalized spacial score (nSPS) is 17.6. The van der Waals surface area contributed by atoms with Crippen molar-refractivity contribution in [2.45, 2.75) is 32.9 Å². The van der Waals surface area contributed by atoms with E-state index in [-0.39, 0.29) is 24.8 Å². The quantitative estimate of drug-likeness (QED) is 0.855. The summed E-state index contributed by atoms with van der Waals surface area (Å²) in [6.07, 6.45) is -0.700. The molecule has 1 heterocycles. The van der Waals surface area contributed by atoms with Crippen molar-refractivity contribution in [1.29, 1.82) is 0 Å². The first-order valence-electron chi connectivity index (χ1n) is 6.97. The van der Waals surface area contributed by atoms with Gasteiger partial charge in [-0.25, -0.2) is 0 Å². The number of carbonyl (C=O) groups is 2. The van der Waals surface area contributed by atoms with Crippen molar-refractivity contribution in [2.24, 2.45) is 11.7 Å². The lowest BCUT2D eigenvalue weighted by atomic mass is 10.0. The molecule has 3 N–H and O–H groups in total. The fourth-order valence-corrected chi connectivity index (χ4v) is 2.32. The zero-order valence-corrected chi connectivity index (χ0v) is 12.2. The third-order valence-corrected chi connectivity index (χ3v) is 3.47. The number of aliphatic carboxylic acids is 1. The van der Waals surface area contributed by atoms with E-state index in [4.69, 9.17) is 15.6 Å². The molecule has 1 aliphatic rings. The van der Waals surface area contributed by atoms with Gasteiger partial charge in [0.1, 0.15) is 5.75 Å². The van der Waals surface area contributed by atoms with Crippen LogP contribution in [0.2, 0.25) is 0 Å². The van der Waals surface area contributed by atoms with Gasteiger partial charge in [0, 0.05) is 13.1 Å². The van der Waals surface area contributed by atoms with Crippen molar-refractivity contribution >= 4 is 17.6 Å². The zero-order chi connectivity index (χ0) is 15.6. The van der Waals surface area contributed by atoms with Crippen LogP contribution in [-0.4, -0.2) is 29.6 Å². The molecule has 1 aromatic carbocycles. The first-order valence-corrected chi connectivity index (χ1v) is 6.97. The molecule has 1 atom stereocenters. The summed E-state index contributed by atoms with van der Waals surface area (Å²) < 4.78 is 5.79. The number of carboxylic acids is 1. The molecule has 6 heteroatoms. The number of benzene rings is 1. The third kappa shape index (κ3) is 3.16. The van der Waals surface area contributed by atoms with Crippen molar-refractivity contribution < 1.29 is 19.4 Å². The molecule has 6 nitrogen and oxygen atoms in total. The number of anilines is 1.